The van der Waals surface area contributed by atoms with Crippen LogP contribution < -0.4 is 10.6 Å². The number of amides is 2. The molecule has 2 fully saturated rings. The van der Waals surface area contributed by atoms with Crippen LogP contribution in [0, 0.1) is 5.41 Å². The van der Waals surface area contributed by atoms with Gasteiger partial charge in [0.1, 0.15) is 0 Å². The van der Waals surface area contributed by atoms with E-state index in [9.17, 15) is 14.7 Å². The molecule has 0 atom stereocenters. The summed E-state index contributed by atoms with van der Waals surface area (Å²) in [5.74, 6) is -0.786. The fourth-order valence-corrected chi connectivity index (χ4v) is 3.18. The Labute approximate surface area is 126 Å². The monoisotopic (exact) mass is 297 g/mol. The minimum atomic E-state index is -0.786. The molecule has 0 unspecified atom stereocenters. The van der Waals surface area contributed by atoms with Gasteiger partial charge < -0.3 is 15.7 Å². The van der Waals surface area contributed by atoms with Gasteiger partial charge in [-0.1, -0.05) is 19.8 Å². The van der Waals surface area contributed by atoms with E-state index < -0.39 is 11.4 Å². The predicted octanol–water partition coefficient (Wildman–Crippen LogP) is 1.41. The fraction of sp³-hybridized carbons (Fsp3) is 0.867. The summed E-state index contributed by atoms with van der Waals surface area (Å²) >= 11 is 0. The molecule has 0 spiro atoms. The highest BCUT2D eigenvalue weighted by Gasteiger charge is 2.41. The van der Waals surface area contributed by atoms with Gasteiger partial charge in [-0.05, 0) is 32.2 Å². The maximum atomic E-state index is 11.8. The lowest BCUT2D eigenvalue weighted by atomic mass is 9.86. The largest absolute Gasteiger partial charge is 0.481 e. The number of rotatable bonds is 8. The fourth-order valence-electron chi connectivity index (χ4n) is 3.18. The molecule has 0 aliphatic heterocycles. The summed E-state index contributed by atoms with van der Waals surface area (Å²) in [6, 6.07) is 0.447. The van der Waals surface area contributed by atoms with Crippen molar-refractivity contribution < 1.29 is 14.7 Å². The highest BCUT2D eigenvalue weighted by Crippen LogP contribution is 2.37. The summed E-state index contributed by atoms with van der Waals surface area (Å²) in [7, 11) is 0. The van der Waals surface area contributed by atoms with E-state index in [4.69, 9.17) is 0 Å². The number of aliphatic carboxylic acids is 1. The van der Waals surface area contributed by atoms with Gasteiger partial charge >= 0.3 is 12.0 Å². The zero-order valence-electron chi connectivity index (χ0n) is 12.9. The van der Waals surface area contributed by atoms with E-state index in [1.54, 1.807) is 0 Å². The number of nitrogens with one attached hydrogen (secondary N) is 2. The third-order valence-electron chi connectivity index (χ3n) is 4.76. The van der Waals surface area contributed by atoms with Gasteiger partial charge in [-0.25, -0.2) is 4.79 Å². The Kier molecular flexibility index (Phi) is 5.45. The third kappa shape index (κ3) is 4.33. The Bertz CT molecular complexity index is 376. The van der Waals surface area contributed by atoms with Crippen LogP contribution in [0.2, 0.25) is 0 Å². The second-order valence-electron chi connectivity index (χ2n) is 6.26. The van der Waals surface area contributed by atoms with Crippen molar-refractivity contribution in [1.29, 1.82) is 0 Å². The molecule has 2 aliphatic carbocycles. The number of urea groups is 1. The summed E-state index contributed by atoms with van der Waals surface area (Å²) in [5, 5.41) is 14.9. The van der Waals surface area contributed by atoms with Crippen molar-refractivity contribution in [2.24, 2.45) is 5.41 Å². The van der Waals surface area contributed by atoms with E-state index in [1.807, 2.05) is 0 Å². The molecule has 2 amide bonds. The molecule has 0 radical (unpaired) electrons. The summed E-state index contributed by atoms with van der Waals surface area (Å²) in [6.45, 7) is 4.84. The number of nitrogens with zero attached hydrogens (tertiary/aromatic N) is 1. The highest BCUT2D eigenvalue weighted by atomic mass is 16.4. The molecule has 6 nitrogen and oxygen atoms in total. The quantitative estimate of drug-likeness (QED) is 0.633. The number of carbonyl (C=O) groups excluding carboxylic acids is 1. The van der Waals surface area contributed by atoms with Crippen molar-refractivity contribution in [3.05, 3.63) is 0 Å². The standard InChI is InChI=1S/C15H27N3O3/c1-2-18(12-5-6-12)10-9-16-14(21)17-11-15(13(19)20)7-3-4-8-15/h12H,2-11H2,1H3,(H,19,20)(H2,16,17,21). The number of likely N-dealkylation sites (N-methyl/N-ethyl adjacent to an activating group) is 1. The first-order valence-corrected chi connectivity index (χ1v) is 8.06. The van der Waals surface area contributed by atoms with Crippen molar-refractivity contribution >= 4 is 12.0 Å². The van der Waals surface area contributed by atoms with Gasteiger partial charge in [0.15, 0.2) is 0 Å². The molecule has 2 saturated carbocycles. The van der Waals surface area contributed by atoms with Crippen LogP contribution in [-0.4, -0.2) is 54.2 Å². The van der Waals surface area contributed by atoms with Crippen LogP contribution in [0.25, 0.3) is 0 Å². The topological polar surface area (TPSA) is 81.7 Å². The molecule has 0 heterocycles. The molecular formula is C15H27N3O3. The average Bonchev–Trinajstić information content (AvgIpc) is 3.18. The van der Waals surface area contributed by atoms with Crippen LogP contribution in [0.15, 0.2) is 0 Å². The highest BCUT2D eigenvalue weighted by molar-refractivity contribution is 5.78. The van der Waals surface area contributed by atoms with Gasteiger partial charge in [-0.3, -0.25) is 9.69 Å². The first-order chi connectivity index (χ1) is 10.1. The predicted molar refractivity (Wildman–Crippen MR) is 80.2 cm³/mol. The van der Waals surface area contributed by atoms with E-state index in [2.05, 4.69) is 22.5 Å². The van der Waals surface area contributed by atoms with Gasteiger partial charge in [-0.2, -0.15) is 0 Å². The first kappa shape index (κ1) is 16.1. The van der Waals surface area contributed by atoms with Crippen molar-refractivity contribution in [2.45, 2.75) is 51.5 Å². The molecule has 0 aromatic rings. The van der Waals surface area contributed by atoms with Crippen LogP contribution in [0.5, 0.6) is 0 Å². The Hall–Kier alpha value is -1.30. The second kappa shape index (κ2) is 7.11. The Balaban J connectivity index is 1.66. The Morgan fingerprint density at radius 3 is 2.43 bits per heavy atom. The van der Waals surface area contributed by atoms with Crippen LogP contribution in [-0.2, 0) is 4.79 Å². The Morgan fingerprint density at radius 1 is 1.24 bits per heavy atom. The summed E-state index contributed by atoms with van der Waals surface area (Å²) in [4.78, 5) is 25.5. The molecule has 21 heavy (non-hydrogen) atoms. The molecule has 0 saturated heterocycles. The summed E-state index contributed by atoms with van der Waals surface area (Å²) < 4.78 is 0. The summed E-state index contributed by atoms with van der Waals surface area (Å²) in [5.41, 5.74) is -0.749. The normalized spacial score (nSPS) is 20.5. The SMILES string of the molecule is CCN(CCNC(=O)NCC1(C(=O)O)CCCC1)C1CC1. The molecule has 120 valence electrons. The lowest BCUT2D eigenvalue weighted by Crippen LogP contribution is -2.46. The van der Waals surface area contributed by atoms with Gasteiger partial charge in [-0.15, -0.1) is 0 Å². The third-order valence-corrected chi connectivity index (χ3v) is 4.76. The molecule has 6 heteroatoms. The van der Waals surface area contributed by atoms with Crippen LogP contribution >= 0.6 is 0 Å². The molecule has 0 aromatic carbocycles. The Morgan fingerprint density at radius 2 is 1.90 bits per heavy atom. The van der Waals surface area contributed by atoms with E-state index in [0.717, 1.165) is 25.9 Å². The van der Waals surface area contributed by atoms with Gasteiger partial charge in [0.05, 0.1) is 5.41 Å². The van der Waals surface area contributed by atoms with Crippen molar-refractivity contribution in [1.82, 2.24) is 15.5 Å². The van der Waals surface area contributed by atoms with Crippen molar-refractivity contribution in [3.8, 4) is 0 Å². The number of carboxylic acid groups (broad SMARTS) is 1. The lowest BCUT2D eigenvalue weighted by molar-refractivity contribution is -0.148. The minimum absolute atomic E-state index is 0.230. The molecule has 2 aliphatic rings. The summed E-state index contributed by atoms with van der Waals surface area (Å²) in [6.07, 6.45) is 5.72. The maximum Gasteiger partial charge on any atom is 0.314 e. The zero-order valence-corrected chi connectivity index (χ0v) is 12.9. The molecular weight excluding hydrogens is 270 g/mol. The van der Waals surface area contributed by atoms with Gasteiger partial charge in [0.2, 0.25) is 0 Å². The first-order valence-electron chi connectivity index (χ1n) is 8.06. The number of carboxylic acids is 1. The molecule has 2 rings (SSSR count). The minimum Gasteiger partial charge on any atom is -0.481 e. The van der Waals surface area contributed by atoms with E-state index in [-0.39, 0.29) is 12.6 Å². The zero-order chi connectivity index (χ0) is 15.3. The molecule has 0 aromatic heterocycles. The van der Waals surface area contributed by atoms with Crippen LogP contribution in [0.3, 0.4) is 0 Å². The van der Waals surface area contributed by atoms with Crippen LogP contribution in [0.1, 0.15) is 45.4 Å². The van der Waals surface area contributed by atoms with Crippen molar-refractivity contribution in [3.63, 3.8) is 0 Å². The van der Waals surface area contributed by atoms with E-state index in [1.165, 1.54) is 12.8 Å². The van der Waals surface area contributed by atoms with Crippen LogP contribution in [0.4, 0.5) is 4.79 Å². The lowest BCUT2D eigenvalue weighted by Gasteiger charge is -2.24. The van der Waals surface area contributed by atoms with E-state index >= 15 is 0 Å². The maximum absolute atomic E-state index is 11.8. The molecule has 3 N–H and O–H groups in total. The van der Waals surface area contributed by atoms with Gasteiger partial charge in [0, 0.05) is 25.7 Å². The number of hydrogen-bond acceptors (Lipinski definition) is 3. The number of carbonyl (C=O) groups is 2. The molecule has 0 bridgehead atoms. The van der Waals surface area contributed by atoms with E-state index in [0.29, 0.717) is 25.4 Å². The second-order valence-corrected chi connectivity index (χ2v) is 6.26. The smallest absolute Gasteiger partial charge is 0.314 e. The van der Waals surface area contributed by atoms with Gasteiger partial charge in [0.25, 0.3) is 0 Å². The number of hydrogen-bond donors (Lipinski definition) is 3. The average molecular weight is 297 g/mol. The van der Waals surface area contributed by atoms with Crippen molar-refractivity contribution in [2.75, 3.05) is 26.2 Å².